The third-order valence-electron chi connectivity index (χ3n) is 7.38. The molecule has 8 heteroatoms. The van der Waals surface area contributed by atoms with Crippen LogP contribution in [0.4, 0.5) is 5.69 Å². The van der Waals surface area contributed by atoms with Crippen molar-refractivity contribution < 1.29 is 14.4 Å². The Bertz CT molecular complexity index is 829. The Hall–Kier alpha value is -2.45. The number of hydrogen-bond acceptors (Lipinski definition) is 5. The molecule has 3 amide bonds. The zero-order valence-corrected chi connectivity index (χ0v) is 20.9. The smallest absolute Gasteiger partial charge is 0.245 e. The van der Waals surface area contributed by atoms with Gasteiger partial charge in [0.25, 0.3) is 0 Å². The second kappa shape index (κ2) is 12.3. The van der Waals surface area contributed by atoms with Crippen LogP contribution in [0.1, 0.15) is 63.9 Å². The Labute approximate surface area is 203 Å². The Morgan fingerprint density at radius 3 is 2.24 bits per heavy atom. The summed E-state index contributed by atoms with van der Waals surface area (Å²) in [5.41, 5.74) is 7.85. The molecule has 188 valence electrons. The van der Waals surface area contributed by atoms with Gasteiger partial charge in [-0.25, -0.2) is 0 Å². The SMILES string of the molecule is CCC(=O)NC(C(=O)N1CCN(C)CC1)C(C)c1ccc(NC(=O)C(N)C2CCCCC2)cc1. The number of carbonyl (C=O) groups is 3. The maximum atomic E-state index is 13.3. The van der Waals surface area contributed by atoms with Crippen molar-refractivity contribution >= 4 is 23.4 Å². The molecule has 1 aromatic rings. The van der Waals surface area contributed by atoms with Crippen molar-refractivity contribution in [3.63, 3.8) is 0 Å². The van der Waals surface area contributed by atoms with E-state index in [2.05, 4.69) is 15.5 Å². The van der Waals surface area contributed by atoms with E-state index in [0.29, 0.717) is 25.2 Å². The molecule has 1 aromatic carbocycles. The Morgan fingerprint density at radius 2 is 1.65 bits per heavy atom. The summed E-state index contributed by atoms with van der Waals surface area (Å²) in [6.07, 6.45) is 5.85. The van der Waals surface area contributed by atoms with Crippen molar-refractivity contribution in [2.24, 2.45) is 11.7 Å². The molecule has 0 spiro atoms. The van der Waals surface area contributed by atoms with E-state index in [9.17, 15) is 14.4 Å². The number of hydrogen-bond donors (Lipinski definition) is 3. The second-order valence-electron chi connectivity index (χ2n) is 9.85. The van der Waals surface area contributed by atoms with Gasteiger partial charge in [-0.1, -0.05) is 45.2 Å². The van der Waals surface area contributed by atoms with E-state index in [1.54, 1.807) is 6.92 Å². The summed E-state index contributed by atoms with van der Waals surface area (Å²) in [6.45, 7) is 6.71. The number of nitrogens with one attached hydrogen (secondary N) is 2. The van der Waals surface area contributed by atoms with E-state index in [0.717, 1.165) is 44.3 Å². The van der Waals surface area contributed by atoms with Crippen LogP contribution in [0.5, 0.6) is 0 Å². The second-order valence-corrected chi connectivity index (χ2v) is 9.85. The van der Waals surface area contributed by atoms with Gasteiger partial charge in [-0.2, -0.15) is 0 Å². The first-order chi connectivity index (χ1) is 16.3. The number of anilines is 1. The van der Waals surface area contributed by atoms with E-state index < -0.39 is 12.1 Å². The molecule has 3 unspecified atom stereocenters. The van der Waals surface area contributed by atoms with E-state index in [-0.39, 0.29) is 29.6 Å². The molecule has 3 atom stereocenters. The van der Waals surface area contributed by atoms with Crippen LogP contribution in [0.15, 0.2) is 24.3 Å². The molecule has 3 rings (SSSR count). The van der Waals surface area contributed by atoms with Crippen LogP contribution in [0.25, 0.3) is 0 Å². The molecule has 1 heterocycles. The topological polar surface area (TPSA) is 108 Å². The van der Waals surface area contributed by atoms with Gasteiger partial charge in [0.1, 0.15) is 6.04 Å². The van der Waals surface area contributed by atoms with Crippen molar-refractivity contribution in [1.29, 1.82) is 0 Å². The third kappa shape index (κ3) is 6.79. The van der Waals surface area contributed by atoms with Gasteiger partial charge in [-0.15, -0.1) is 0 Å². The highest BCUT2D eigenvalue weighted by molar-refractivity contribution is 5.95. The summed E-state index contributed by atoms with van der Waals surface area (Å²) in [5, 5.41) is 5.88. The molecule has 4 N–H and O–H groups in total. The van der Waals surface area contributed by atoms with E-state index in [1.165, 1.54) is 6.42 Å². The van der Waals surface area contributed by atoms with Gasteiger partial charge in [-0.3, -0.25) is 14.4 Å². The van der Waals surface area contributed by atoms with Crippen molar-refractivity contribution in [1.82, 2.24) is 15.1 Å². The molecule has 0 aromatic heterocycles. The number of amides is 3. The zero-order chi connectivity index (χ0) is 24.7. The fourth-order valence-electron chi connectivity index (χ4n) is 4.90. The number of rotatable bonds is 8. The lowest BCUT2D eigenvalue weighted by atomic mass is 9.84. The third-order valence-corrected chi connectivity index (χ3v) is 7.38. The van der Waals surface area contributed by atoms with E-state index in [4.69, 9.17) is 5.73 Å². The van der Waals surface area contributed by atoms with Gasteiger partial charge < -0.3 is 26.2 Å². The minimum atomic E-state index is -0.629. The Morgan fingerprint density at radius 1 is 1.03 bits per heavy atom. The Kier molecular flexibility index (Phi) is 9.47. The average molecular weight is 472 g/mol. The average Bonchev–Trinajstić information content (AvgIpc) is 2.87. The predicted octanol–water partition coefficient (Wildman–Crippen LogP) is 2.31. The number of benzene rings is 1. The molecule has 2 fully saturated rings. The lowest BCUT2D eigenvalue weighted by Gasteiger charge is -2.36. The van der Waals surface area contributed by atoms with Gasteiger partial charge in [0.2, 0.25) is 17.7 Å². The summed E-state index contributed by atoms with van der Waals surface area (Å²) in [7, 11) is 2.04. The fourth-order valence-corrected chi connectivity index (χ4v) is 4.90. The predicted molar refractivity (Wildman–Crippen MR) is 134 cm³/mol. The normalized spacial score (nSPS) is 20.3. The quantitative estimate of drug-likeness (QED) is 0.539. The minimum absolute atomic E-state index is 0.0433. The summed E-state index contributed by atoms with van der Waals surface area (Å²) >= 11 is 0. The van der Waals surface area contributed by atoms with Gasteiger partial charge in [0.15, 0.2) is 0 Å². The number of likely N-dealkylation sites (N-methyl/N-ethyl adjacent to an activating group) is 1. The van der Waals surface area contributed by atoms with Crippen LogP contribution in [0, 0.1) is 5.92 Å². The molecule has 0 bridgehead atoms. The van der Waals surface area contributed by atoms with Crippen LogP contribution in [-0.4, -0.2) is 72.8 Å². The molecule has 8 nitrogen and oxygen atoms in total. The van der Waals surface area contributed by atoms with Crippen molar-refractivity contribution in [3.8, 4) is 0 Å². The lowest BCUT2D eigenvalue weighted by molar-refractivity contribution is -0.138. The van der Waals surface area contributed by atoms with Crippen LogP contribution >= 0.6 is 0 Å². The molecule has 1 saturated carbocycles. The molecule has 1 aliphatic heterocycles. The number of piperazine rings is 1. The van der Waals surface area contributed by atoms with E-state index in [1.807, 2.05) is 43.1 Å². The maximum Gasteiger partial charge on any atom is 0.245 e. The number of carbonyl (C=O) groups excluding carboxylic acids is 3. The molecule has 2 aliphatic rings. The number of nitrogens with zero attached hydrogens (tertiary/aromatic N) is 2. The highest BCUT2D eigenvalue weighted by Crippen LogP contribution is 2.27. The monoisotopic (exact) mass is 471 g/mol. The molecule has 1 aliphatic carbocycles. The van der Waals surface area contributed by atoms with Crippen LogP contribution < -0.4 is 16.4 Å². The lowest BCUT2D eigenvalue weighted by Crippen LogP contribution is -2.55. The highest BCUT2D eigenvalue weighted by atomic mass is 16.2. The summed E-state index contributed by atoms with van der Waals surface area (Å²) in [4.78, 5) is 42.2. The highest BCUT2D eigenvalue weighted by Gasteiger charge is 2.32. The van der Waals surface area contributed by atoms with Crippen molar-refractivity contribution in [2.75, 3.05) is 38.5 Å². The molecular formula is C26H41N5O3. The minimum Gasteiger partial charge on any atom is -0.344 e. The van der Waals surface area contributed by atoms with Gasteiger partial charge in [0.05, 0.1) is 6.04 Å². The van der Waals surface area contributed by atoms with Gasteiger partial charge in [-0.05, 0) is 43.5 Å². The standard InChI is InChI=1S/C26H41N5O3/c1-4-22(32)29-24(26(34)31-16-14-30(3)15-17-31)18(2)19-10-12-21(13-11-19)28-25(33)23(27)20-8-6-5-7-9-20/h10-13,18,20,23-24H,4-9,14-17,27H2,1-3H3,(H,28,33)(H,29,32). The van der Waals surface area contributed by atoms with Crippen LogP contribution in [0.3, 0.4) is 0 Å². The zero-order valence-electron chi connectivity index (χ0n) is 20.9. The summed E-state index contributed by atoms with van der Waals surface area (Å²) in [5.74, 6) is -0.294. The van der Waals surface area contributed by atoms with Crippen LogP contribution in [-0.2, 0) is 14.4 Å². The molecular weight excluding hydrogens is 430 g/mol. The van der Waals surface area contributed by atoms with Crippen molar-refractivity contribution in [2.45, 2.75) is 70.4 Å². The van der Waals surface area contributed by atoms with Gasteiger partial charge >= 0.3 is 0 Å². The van der Waals surface area contributed by atoms with E-state index >= 15 is 0 Å². The molecule has 1 saturated heterocycles. The summed E-state index contributed by atoms with van der Waals surface area (Å²) in [6, 6.07) is 6.39. The number of nitrogens with two attached hydrogens (primary N) is 1. The largest absolute Gasteiger partial charge is 0.344 e. The maximum absolute atomic E-state index is 13.3. The molecule has 0 radical (unpaired) electrons. The summed E-state index contributed by atoms with van der Waals surface area (Å²) < 4.78 is 0. The first-order valence-electron chi connectivity index (χ1n) is 12.7. The van der Waals surface area contributed by atoms with Crippen LogP contribution in [0.2, 0.25) is 0 Å². The first-order valence-corrected chi connectivity index (χ1v) is 12.7. The first kappa shape index (κ1) is 26.2. The molecule has 34 heavy (non-hydrogen) atoms. The Balaban J connectivity index is 1.66. The van der Waals surface area contributed by atoms with Gasteiger partial charge in [0, 0.05) is 44.2 Å². The van der Waals surface area contributed by atoms with Crippen molar-refractivity contribution in [3.05, 3.63) is 29.8 Å². The fraction of sp³-hybridized carbons (Fsp3) is 0.654.